The molecule has 4 rings (SSSR count). The Balaban J connectivity index is 1.39. The molecule has 1 saturated heterocycles. The number of nitrogens with zero attached hydrogens (tertiary/aromatic N) is 3. The van der Waals surface area contributed by atoms with Crippen molar-refractivity contribution in [3.05, 3.63) is 36.2 Å². The maximum absolute atomic E-state index is 12.1. The number of nitrogens with one attached hydrogen (secondary N) is 1. The van der Waals surface area contributed by atoms with Gasteiger partial charge in [-0.15, -0.1) is 5.10 Å². The van der Waals surface area contributed by atoms with E-state index in [1.165, 1.54) is 11.8 Å². The Morgan fingerprint density at radius 2 is 2.12 bits per heavy atom. The van der Waals surface area contributed by atoms with Gasteiger partial charge in [-0.2, -0.15) is 0 Å². The molecule has 1 amide bonds. The number of thioether (sulfide) groups is 1. The van der Waals surface area contributed by atoms with Gasteiger partial charge in [0.15, 0.2) is 11.0 Å². The van der Waals surface area contributed by atoms with Crippen molar-refractivity contribution in [3.8, 4) is 5.69 Å². The molecule has 132 valence electrons. The van der Waals surface area contributed by atoms with E-state index in [2.05, 4.69) is 15.4 Å². The van der Waals surface area contributed by atoms with Gasteiger partial charge in [0.1, 0.15) is 0 Å². The van der Waals surface area contributed by atoms with Crippen molar-refractivity contribution in [3.63, 3.8) is 0 Å². The largest absolute Gasteiger partial charge is 0.376 e. The Kier molecular flexibility index (Phi) is 5.03. The molecule has 2 fully saturated rings. The second-order valence-corrected chi connectivity index (χ2v) is 7.44. The van der Waals surface area contributed by atoms with E-state index < -0.39 is 0 Å². The number of para-hydroxylation sites is 1. The van der Waals surface area contributed by atoms with Crippen LogP contribution in [0.1, 0.15) is 37.4 Å². The van der Waals surface area contributed by atoms with Crippen molar-refractivity contribution in [2.75, 3.05) is 18.9 Å². The minimum Gasteiger partial charge on any atom is -0.376 e. The van der Waals surface area contributed by atoms with Gasteiger partial charge in [-0.1, -0.05) is 30.0 Å². The maximum atomic E-state index is 12.1. The van der Waals surface area contributed by atoms with Crippen molar-refractivity contribution in [1.29, 1.82) is 0 Å². The number of aromatic nitrogens is 3. The molecule has 0 bridgehead atoms. The van der Waals surface area contributed by atoms with Crippen molar-refractivity contribution in [1.82, 2.24) is 20.1 Å². The third-order valence-electron chi connectivity index (χ3n) is 4.42. The highest BCUT2D eigenvalue weighted by Gasteiger charge is 2.29. The van der Waals surface area contributed by atoms with E-state index >= 15 is 0 Å². The number of benzene rings is 1. The fraction of sp³-hybridized carbons (Fsp3) is 0.500. The average molecular weight is 358 g/mol. The number of carbonyl (C=O) groups excluding carboxylic acids is 1. The lowest BCUT2D eigenvalue weighted by molar-refractivity contribution is -0.119. The normalized spacial score (nSPS) is 19.9. The zero-order chi connectivity index (χ0) is 17.1. The lowest BCUT2D eigenvalue weighted by Gasteiger charge is -2.10. The molecule has 1 aliphatic carbocycles. The van der Waals surface area contributed by atoms with Gasteiger partial charge in [-0.25, -0.2) is 9.67 Å². The summed E-state index contributed by atoms with van der Waals surface area (Å²) in [6.07, 6.45) is 4.60. The second kappa shape index (κ2) is 7.58. The summed E-state index contributed by atoms with van der Waals surface area (Å²) in [7, 11) is 0. The van der Waals surface area contributed by atoms with Crippen LogP contribution in [0.5, 0.6) is 0 Å². The van der Waals surface area contributed by atoms with E-state index in [9.17, 15) is 4.79 Å². The molecule has 0 radical (unpaired) electrons. The monoisotopic (exact) mass is 358 g/mol. The molecule has 1 aromatic heterocycles. The molecule has 2 heterocycles. The van der Waals surface area contributed by atoms with Crippen LogP contribution in [0.4, 0.5) is 0 Å². The number of hydrogen-bond acceptors (Lipinski definition) is 5. The minimum atomic E-state index is 0.0103. The van der Waals surface area contributed by atoms with Gasteiger partial charge in [-0.3, -0.25) is 4.79 Å². The van der Waals surface area contributed by atoms with Gasteiger partial charge >= 0.3 is 0 Å². The smallest absolute Gasteiger partial charge is 0.230 e. The Morgan fingerprint density at radius 1 is 1.28 bits per heavy atom. The fourth-order valence-corrected chi connectivity index (χ4v) is 3.66. The zero-order valence-corrected chi connectivity index (χ0v) is 14.9. The number of rotatable bonds is 7. The van der Waals surface area contributed by atoms with Crippen LogP contribution in [-0.4, -0.2) is 45.7 Å². The highest BCUT2D eigenvalue weighted by molar-refractivity contribution is 7.99. The van der Waals surface area contributed by atoms with Crippen LogP contribution in [0.25, 0.3) is 5.69 Å². The van der Waals surface area contributed by atoms with E-state index in [1.54, 1.807) is 0 Å². The van der Waals surface area contributed by atoms with Gasteiger partial charge in [0, 0.05) is 19.1 Å². The summed E-state index contributed by atoms with van der Waals surface area (Å²) in [5, 5.41) is 8.39. The highest BCUT2D eigenvalue weighted by atomic mass is 32.2. The molecule has 1 saturated carbocycles. The molecule has 0 spiro atoms. The third kappa shape index (κ3) is 4.22. The maximum Gasteiger partial charge on any atom is 0.230 e. The summed E-state index contributed by atoms with van der Waals surface area (Å²) in [4.78, 5) is 16.8. The highest BCUT2D eigenvalue weighted by Crippen LogP contribution is 2.39. The molecule has 25 heavy (non-hydrogen) atoms. The Bertz CT molecular complexity index is 724. The van der Waals surface area contributed by atoms with Crippen LogP contribution in [-0.2, 0) is 9.53 Å². The van der Waals surface area contributed by atoms with Crippen LogP contribution in [0.3, 0.4) is 0 Å². The summed E-state index contributed by atoms with van der Waals surface area (Å²) < 4.78 is 7.38. The molecular weight excluding hydrogens is 336 g/mol. The summed E-state index contributed by atoms with van der Waals surface area (Å²) in [6, 6.07) is 9.96. The van der Waals surface area contributed by atoms with Crippen molar-refractivity contribution < 1.29 is 9.53 Å². The van der Waals surface area contributed by atoms with Gasteiger partial charge < -0.3 is 10.1 Å². The van der Waals surface area contributed by atoms with E-state index in [-0.39, 0.29) is 12.0 Å². The van der Waals surface area contributed by atoms with E-state index in [1.807, 2.05) is 35.0 Å². The third-order valence-corrected chi connectivity index (χ3v) is 5.35. The van der Waals surface area contributed by atoms with Gasteiger partial charge in [0.05, 0.1) is 17.5 Å². The number of hydrogen-bond donors (Lipinski definition) is 1. The summed E-state index contributed by atoms with van der Waals surface area (Å²) in [5.74, 6) is 1.72. The van der Waals surface area contributed by atoms with Crippen LogP contribution < -0.4 is 5.32 Å². The molecule has 6 nitrogen and oxygen atoms in total. The first-order chi connectivity index (χ1) is 12.3. The number of carbonyl (C=O) groups is 1. The molecule has 1 aliphatic heterocycles. The first-order valence-corrected chi connectivity index (χ1v) is 9.81. The van der Waals surface area contributed by atoms with E-state index in [0.29, 0.717) is 18.2 Å². The lowest BCUT2D eigenvalue weighted by atomic mass is 10.2. The Hall–Kier alpha value is -1.86. The predicted octanol–water partition coefficient (Wildman–Crippen LogP) is 2.53. The summed E-state index contributed by atoms with van der Waals surface area (Å²) in [6.45, 7) is 1.40. The fourth-order valence-electron chi connectivity index (χ4n) is 2.87. The first-order valence-electron chi connectivity index (χ1n) is 8.83. The molecule has 1 atom stereocenters. The van der Waals surface area contributed by atoms with Gasteiger partial charge in [-0.05, 0) is 37.8 Å². The van der Waals surface area contributed by atoms with Crippen LogP contribution in [0, 0.1) is 0 Å². The van der Waals surface area contributed by atoms with Crippen LogP contribution in [0.15, 0.2) is 35.5 Å². The van der Waals surface area contributed by atoms with Crippen molar-refractivity contribution in [2.45, 2.75) is 42.9 Å². The Morgan fingerprint density at radius 3 is 2.84 bits per heavy atom. The predicted molar refractivity (Wildman–Crippen MR) is 96.0 cm³/mol. The minimum absolute atomic E-state index is 0.0103. The second-order valence-electron chi connectivity index (χ2n) is 6.50. The molecule has 1 N–H and O–H groups in total. The summed E-state index contributed by atoms with van der Waals surface area (Å²) in [5.41, 5.74) is 0.976. The number of amides is 1. The zero-order valence-electron chi connectivity index (χ0n) is 14.1. The molecule has 2 aliphatic rings. The van der Waals surface area contributed by atoms with Crippen molar-refractivity contribution >= 4 is 17.7 Å². The first kappa shape index (κ1) is 16.6. The van der Waals surface area contributed by atoms with Crippen LogP contribution in [0.2, 0.25) is 0 Å². The lowest BCUT2D eigenvalue weighted by Crippen LogP contribution is -2.32. The topological polar surface area (TPSA) is 69.0 Å². The standard InChI is InChI=1S/C18H22N4O2S/c23-16(19-11-15-7-4-10-24-15)12-25-18-20-17(13-8-9-13)21-22(18)14-5-2-1-3-6-14/h1-3,5-6,13,15H,4,7-12H2,(H,19,23). The Labute approximate surface area is 151 Å². The average Bonchev–Trinajstić information content (AvgIpc) is 3.20. The molecule has 1 aromatic carbocycles. The molecule has 2 aromatic rings. The van der Waals surface area contributed by atoms with E-state index in [4.69, 9.17) is 4.74 Å². The SMILES string of the molecule is O=C(CSc1nc(C2CC2)nn1-c1ccccc1)NCC1CCCO1. The molecule has 1 unspecified atom stereocenters. The van der Waals surface area contributed by atoms with Gasteiger partial charge in [0.25, 0.3) is 0 Å². The molecular formula is C18H22N4O2S. The van der Waals surface area contributed by atoms with Crippen LogP contribution >= 0.6 is 11.8 Å². The van der Waals surface area contributed by atoms with E-state index in [0.717, 1.165) is 49.0 Å². The quantitative estimate of drug-likeness (QED) is 0.770. The summed E-state index contributed by atoms with van der Waals surface area (Å²) >= 11 is 1.43. The molecule has 7 heteroatoms. The van der Waals surface area contributed by atoms with Crippen molar-refractivity contribution in [2.24, 2.45) is 0 Å². The van der Waals surface area contributed by atoms with Gasteiger partial charge in [0.2, 0.25) is 5.91 Å². The number of ether oxygens (including phenoxy) is 1.